The van der Waals surface area contributed by atoms with Gasteiger partial charge < -0.3 is 14.5 Å². The number of ether oxygens (including phenoxy) is 1. The molecule has 0 unspecified atom stereocenters. The monoisotopic (exact) mass is 733 g/mol. The Labute approximate surface area is 300 Å². The van der Waals surface area contributed by atoms with Gasteiger partial charge in [0, 0.05) is 62.5 Å². The average Bonchev–Trinajstić information content (AvgIpc) is 3.49. The van der Waals surface area contributed by atoms with Crippen LogP contribution in [0, 0.1) is 20.8 Å². The first-order valence-electron chi connectivity index (χ1n) is 16.8. The van der Waals surface area contributed by atoms with E-state index in [0.717, 1.165) is 49.4 Å². The normalized spacial score (nSPS) is 15.6. The maximum absolute atomic E-state index is 14.8. The zero-order valence-electron chi connectivity index (χ0n) is 29.4. The molecule has 1 fully saturated rings. The summed E-state index contributed by atoms with van der Waals surface area (Å²) < 4.78 is 77.5. The van der Waals surface area contributed by atoms with Crippen LogP contribution in [0.2, 0.25) is 0 Å². The Bertz CT molecular complexity index is 2250. The lowest BCUT2D eigenvalue weighted by Gasteiger charge is -2.32. The van der Waals surface area contributed by atoms with Gasteiger partial charge in [-0.2, -0.15) is 16.8 Å². The van der Waals surface area contributed by atoms with Gasteiger partial charge in [0.05, 0.1) is 12.2 Å². The van der Waals surface area contributed by atoms with Gasteiger partial charge in [-0.1, -0.05) is 53.6 Å². The Morgan fingerprint density at radius 1 is 0.725 bits per heavy atom. The van der Waals surface area contributed by atoms with Crippen LogP contribution in [-0.4, -0.2) is 86.4 Å². The summed E-state index contributed by atoms with van der Waals surface area (Å²) in [6.07, 6.45) is 0. The Kier molecular flexibility index (Phi) is 10.2. The first kappa shape index (κ1) is 36.7. The van der Waals surface area contributed by atoms with E-state index in [4.69, 9.17) is 4.74 Å². The first-order valence-corrected chi connectivity index (χ1v) is 19.7. The number of likely N-dealkylation sites (N-methyl/N-ethyl adjacent to an activating group) is 1. The molecule has 1 saturated heterocycles. The molecule has 6 rings (SSSR count). The van der Waals surface area contributed by atoms with Crippen molar-refractivity contribution in [2.45, 2.75) is 57.1 Å². The minimum absolute atomic E-state index is 0.0512. The number of amides is 1. The molecule has 2 aliphatic rings. The molecule has 0 atom stereocenters. The summed E-state index contributed by atoms with van der Waals surface area (Å²) in [4.78, 5) is 20.5. The molecule has 4 aromatic carbocycles. The minimum atomic E-state index is -4.78. The Hall–Kier alpha value is -4.11. The lowest BCUT2D eigenvalue weighted by Crippen LogP contribution is -2.43. The molecule has 4 aromatic rings. The van der Waals surface area contributed by atoms with E-state index >= 15 is 0 Å². The third-order valence-corrected chi connectivity index (χ3v) is 11.5. The van der Waals surface area contributed by atoms with Crippen molar-refractivity contribution in [3.63, 3.8) is 0 Å². The molecule has 0 aliphatic carbocycles. The van der Waals surface area contributed by atoms with Crippen molar-refractivity contribution in [3.8, 4) is 28.0 Å². The van der Waals surface area contributed by atoms with Crippen molar-refractivity contribution in [3.05, 3.63) is 99.6 Å². The van der Waals surface area contributed by atoms with Gasteiger partial charge in [-0.15, -0.1) is 0 Å². The van der Waals surface area contributed by atoms with Crippen LogP contribution in [0.15, 0.2) is 70.5 Å². The summed E-state index contributed by atoms with van der Waals surface area (Å²) >= 11 is 0. The number of aryl methyl sites for hydroxylation is 2. The molecule has 1 amide bonds. The van der Waals surface area contributed by atoms with Gasteiger partial charge >= 0.3 is 0 Å². The summed E-state index contributed by atoms with van der Waals surface area (Å²) in [7, 11) is -7.36. The van der Waals surface area contributed by atoms with E-state index in [-0.39, 0.29) is 39.5 Å². The number of hydrogen-bond donors (Lipinski definition) is 2. The van der Waals surface area contributed by atoms with Crippen molar-refractivity contribution in [1.82, 2.24) is 14.7 Å². The van der Waals surface area contributed by atoms with E-state index in [1.165, 1.54) is 12.1 Å². The van der Waals surface area contributed by atoms with Crippen molar-refractivity contribution in [2.75, 3.05) is 39.8 Å². The third-order valence-electron chi connectivity index (χ3n) is 9.72. The molecular formula is C38H43N3O8S2. The van der Waals surface area contributed by atoms with E-state index in [1.807, 2.05) is 0 Å². The second kappa shape index (κ2) is 14.1. The Balaban J connectivity index is 1.52. The zero-order valence-corrected chi connectivity index (χ0v) is 31.1. The highest BCUT2D eigenvalue weighted by atomic mass is 32.2. The fraction of sp³-hybridized carbons (Fsp3) is 0.342. The molecular weight excluding hydrogens is 691 g/mol. The van der Waals surface area contributed by atoms with E-state index in [2.05, 4.69) is 35.0 Å². The SMILES string of the molecule is CCOc1c(C)c(-c2cc(C)ccc2S(=O)(=O)O)cc(-c2cc(C)ccc2S(=O)(=O)O)c1C(=O)N1Cc2ccc(CN3CCN(C)CC3)cc2C1. The molecule has 0 saturated carbocycles. The maximum atomic E-state index is 14.8. The second-order valence-electron chi connectivity index (χ2n) is 13.5. The summed E-state index contributed by atoms with van der Waals surface area (Å²) in [5.74, 6) is -0.269. The fourth-order valence-corrected chi connectivity index (χ4v) is 8.43. The predicted molar refractivity (Wildman–Crippen MR) is 195 cm³/mol. The lowest BCUT2D eigenvalue weighted by molar-refractivity contribution is 0.0747. The maximum Gasteiger partial charge on any atom is 0.295 e. The molecule has 2 heterocycles. The topological polar surface area (TPSA) is 145 Å². The summed E-state index contributed by atoms with van der Waals surface area (Å²) in [6, 6.07) is 16.7. The highest BCUT2D eigenvalue weighted by Crippen LogP contribution is 2.45. The van der Waals surface area contributed by atoms with E-state index in [0.29, 0.717) is 35.3 Å². The van der Waals surface area contributed by atoms with Gasteiger partial charge in [-0.3, -0.25) is 18.8 Å². The molecule has 11 nitrogen and oxygen atoms in total. The van der Waals surface area contributed by atoms with Crippen molar-refractivity contribution >= 4 is 26.1 Å². The number of nitrogens with zero attached hydrogens (tertiary/aromatic N) is 3. The van der Waals surface area contributed by atoms with E-state index < -0.39 is 31.0 Å². The number of hydrogen-bond acceptors (Lipinski definition) is 8. The van der Waals surface area contributed by atoms with Gasteiger partial charge in [-0.05, 0) is 80.8 Å². The van der Waals surface area contributed by atoms with Crippen LogP contribution >= 0.6 is 0 Å². The Morgan fingerprint density at radius 3 is 1.86 bits per heavy atom. The van der Waals surface area contributed by atoms with Gasteiger partial charge in [0.1, 0.15) is 15.5 Å². The van der Waals surface area contributed by atoms with Crippen LogP contribution in [0.1, 0.15) is 50.7 Å². The van der Waals surface area contributed by atoms with Gasteiger partial charge in [0.25, 0.3) is 26.1 Å². The van der Waals surface area contributed by atoms with Crippen molar-refractivity contribution in [2.24, 2.45) is 0 Å². The number of rotatable bonds is 9. The largest absolute Gasteiger partial charge is 0.493 e. The molecule has 13 heteroatoms. The molecule has 270 valence electrons. The first-order chi connectivity index (χ1) is 24.0. The third kappa shape index (κ3) is 7.59. The molecule has 0 spiro atoms. The highest BCUT2D eigenvalue weighted by Gasteiger charge is 2.33. The lowest BCUT2D eigenvalue weighted by atomic mass is 9.88. The van der Waals surface area contributed by atoms with E-state index in [1.54, 1.807) is 62.9 Å². The summed E-state index contributed by atoms with van der Waals surface area (Å²) in [6.45, 7) is 12.5. The summed E-state index contributed by atoms with van der Waals surface area (Å²) in [5, 5.41) is 0. The quantitative estimate of drug-likeness (QED) is 0.204. The number of benzene rings is 4. The number of piperazine rings is 1. The van der Waals surface area contributed by atoms with Crippen molar-refractivity contribution in [1.29, 1.82) is 0 Å². The number of fused-ring (bicyclic) bond motifs is 1. The van der Waals surface area contributed by atoms with E-state index in [9.17, 15) is 30.7 Å². The zero-order chi connectivity index (χ0) is 36.8. The van der Waals surface area contributed by atoms with Crippen LogP contribution in [0.3, 0.4) is 0 Å². The second-order valence-corrected chi connectivity index (χ2v) is 16.3. The Morgan fingerprint density at radius 2 is 1.29 bits per heavy atom. The summed E-state index contributed by atoms with van der Waals surface area (Å²) in [5.41, 5.74) is 5.70. The molecule has 2 aliphatic heterocycles. The van der Waals surface area contributed by atoms with Gasteiger partial charge in [0.2, 0.25) is 0 Å². The van der Waals surface area contributed by atoms with Crippen molar-refractivity contribution < 1.29 is 35.5 Å². The number of carbonyl (C=O) groups is 1. The molecule has 0 radical (unpaired) electrons. The smallest absolute Gasteiger partial charge is 0.295 e. The predicted octanol–water partition coefficient (Wildman–Crippen LogP) is 5.74. The highest BCUT2D eigenvalue weighted by molar-refractivity contribution is 7.86. The standard InChI is InChI=1S/C38H43N3O8S2/c1-6-49-37-26(4)30(31-17-24(2)7-11-34(31)50(43,44)45)20-33(32-18-25(3)8-12-35(32)51(46,47)48)36(37)38(42)41-22-28-10-9-27(19-29(28)23-41)21-40-15-13-39(5)14-16-40/h7-12,17-20H,6,13-16,21-23H2,1-5H3,(H,43,44,45)(H,46,47,48). The molecule has 0 bridgehead atoms. The molecule has 2 N–H and O–H groups in total. The van der Waals surface area contributed by atoms with Crippen LogP contribution in [-0.2, 0) is 39.9 Å². The van der Waals surface area contributed by atoms with Crippen LogP contribution in [0.25, 0.3) is 22.3 Å². The molecule has 0 aromatic heterocycles. The average molecular weight is 734 g/mol. The number of carbonyl (C=O) groups excluding carboxylic acids is 1. The van der Waals surface area contributed by atoms with Crippen LogP contribution in [0.5, 0.6) is 5.75 Å². The fourth-order valence-electron chi connectivity index (χ4n) is 7.06. The molecule has 51 heavy (non-hydrogen) atoms. The minimum Gasteiger partial charge on any atom is -0.493 e. The van der Waals surface area contributed by atoms with Gasteiger partial charge in [0.15, 0.2) is 0 Å². The van der Waals surface area contributed by atoms with Crippen LogP contribution < -0.4 is 4.74 Å². The van der Waals surface area contributed by atoms with Crippen LogP contribution in [0.4, 0.5) is 0 Å². The van der Waals surface area contributed by atoms with Gasteiger partial charge in [-0.25, -0.2) is 0 Å².